The summed E-state index contributed by atoms with van der Waals surface area (Å²) in [5.74, 6) is -2.18. The van der Waals surface area contributed by atoms with Crippen LogP contribution in [0.25, 0.3) is 5.57 Å². The van der Waals surface area contributed by atoms with Gasteiger partial charge < -0.3 is 21.1 Å². The minimum absolute atomic E-state index is 0.0848. The number of amides is 2. The maximum Gasteiger partial charge on any atom is 0.327 e. The third-order valence-corrected chi connectivity index (χ3v) is 6.47. The predicted molar refractivity (Wildman–Crippen MR) is 95.8 cm³/mol. The van der Waals surface area contributed by atoms with Gasteiger partial charge in [-0.15, -0.1) is 23.1 Å². The average molecular weight is 418 g/mol. The number of rotatable bonds is 5. The Balaban J connectivity index is 1.81. The quantitative estimate of drug-likeness (QED) is 0.401. The van der Waals surface area contributed by atoms with Crippen LogP contribution in [0.3, 0.4) is 0 Å². The van der Waals surface area contributed by atoms with Gasteiger partial charge in [0.15, 0.2) is 15.0 Å². The number of nitrogens with zero attached hydrogens (tertiary/aromatic N) is 2. The van der Waals surface area contributed by atoms with Crippen LogP contribution in [0, 0.1) is 0 Å². The highest BCUT2D eigenvalue weighted by atomic mass is 32.2. The third kappa shape index (κ3) is 3.41. The highest BCUT2D eigenvalue weighted by molar-refractivity contribution is 8.00. The van der Waals surface area contributed by atoms with Crippen molar-refractivity contribution in [2.24, 2.45) is 0 Å². The number of aliphatic carboxylic acids is 1. The van der Waals surface area contributed by atoms with Crippen molar-refractivity contribution in [3.05, 3.63) is 16.5 Å². The minimum atomic E-state index is -3.66. The molecule has 3 heterocycles. The topological polar surface area (TPSA) is 160 Å². The van der Waals surface area contributed by atoms with Crippen LogP contribution in [0.2, 0.25) is 0 Å². The number of carboxylic acid groups (broad SMARTS) is 1. The van der Waals surface area contributed by atoms with E-state index in [1.54, 1.807) is 0 Å². The Morgan fingerprint density at radius 3 is 2.73 bits per heavy atom. The van der Waals surface area contributed by atoms with E-state index in [2.05, 4.69) is 10.3 Å². The zero-order valence-corrected chi connectivity index (χ0v) is 15.7. The first-order valence-corrected chi connectivity index (χ1v) is 11.1. The van der Waals surface area contributed by atoms with E-state index in [1.165, 1.54) is 22.0 Å². The van der Waals surface area contributed by atoms with E-state index in [0.717, 1.165) is 23.0 Å². The molecule has 2 amide bonds. The summed E-state index contributed by atoms with van der Waals surface area (Å²) in [6.45, 7) is 0. The number of carbonyl (C=O) groups excluding carboxylic acids is 2. The van der Waals surface area contributed by atoms with Crippen LogP contribution in [-0.2, 0) is 24.2 Å². The molecular formula is C13H14N4O6S3. The number of nitrogens with one attached hydrogen (secondary N) is 1. The number of carbonyl (C=O) groups is 3. The molecule has 2 fully saturated rings. The van der Waals surface area contributed by atoms with Crippen molar-refractivity contribution in [1.82, 2.24) is 15.2 Å². The zero-order valence-electron chi connectivity index (χ0n) is 13.3. The molecule has 10 nitrogen and oxygen atoms in total. The summed E-state index contributed by atoms with van der Waals surface area (Å²) >= 11 is 2.29. The Kier molecular flexibility index (Phi) is 4.71. The number of aromatic nitrogens is 1. The number of nitrogen functional groups attached to an aromatic ring is 1. The number of thioether (sulfide) groups is 1. The molecule has 2 aliphatic heterocycles. The number of nitrogens with two attached hydrogens (primary N) is 1. The molecule has 0 radical (unpaired) electrons. The summed E-state index contributed by atoms with van der Waals surface area (Å²) in [6.07, 6.45) is 0.927. The van der Waals surface area contributed by atoms with Crippen LogP contribution in [0.15, 0.2) is 10.8 Å². The third-order valence-electron chi connectivity index (χ3n) is 3.79. The Labute approximate surface area is 156 Å². The van der Waals surface area contributed by atoms with E-state index in [4.69, 9.17) is 10.8 Å². The number of fused-ring (bicyclic) bond motifs is 1. The van der Waals surface area contributed by atoms with E-state index in [9.17, 15) is 22.8 Å². The summed E-state index contributed by atoms with van der Waals surface area (Å²) in [6, 6.07) is -1.84. The first kappa shape index (κ1) is 18.7. The average Bonchev–Trinajstić information content (AvgIpc) is 3.13. The molecule has 4 N–H and O–H groups in total. The minimum Gasteiger partial charge on any atom is -0.480 e. The largest absolute Gasteiger partial charge is 0.480 e. The SMILES string of the molecule is CS(=O)(=O)/C=C(\C(=O)NC1C(=O)N2C(C(=O)O)CS[C@H]12)c1csc(N)n1. The molecule has 0 aliphatic carbocycles. The lowest BCUT2D eigenvalue weighted by atomic mass is 10.0. The highest BCUT2D eigenvalue weighted by Crippen LogP contribution is 2.40. The Morgan fingerprint density at radius 2 is 2.19 bits per heavy atom. The lowest BCUT2D eigenvalue weighted by molar-refractivity contribution is -0.158. The monoisotopic (exact) mass is 418 g/mol. The van der Waals surface area contributed by atoms with Crippen LogP contribution in [0.4, 0.5) is 5.13 Å². The van der Waals surface area contributed by atoms with Crippen molar-refractivity contribution in [2.75, 3.05) is 17.7 Å². The van der Waals surface area contributed by atoms with Gasteiger partial charge in [-0.1, -0.05) is 0 Å². The molecule has 0 aromatic carbocycles. The Morgan fingerprint density at radius 1 is 1.50 bits per heavy atom. The van der Waals surface area contributed by atoms with Gasteiger partial charge in [0.1, 0.15) is 17.5 Å². The van der Waals surface area contributed by atoms with Gasteiger partial charge in [-0.2, -0.15) is 0 Å². The smallest absolute Gasteiger partial charge is 0.327 e. The maximum absolute atomic E-state index is 12.6. The molecule has 0 saturated carbocycles. The number of anilines is 1. The fraction of sp³-hybridized carbons (Fsp3) is 0.385. The second kappa shape index (κ2) is 6.55. The first-order valence-electron chi connectivity index (χ1n) is 7.19. The van der Waals surface area contributed by atoms with Crippen molar-refractivity contribution >= 4 is 61.4 Å². The number of β-lactam (4-membered cyclic amide) rings is 1. The predicted octanol–water partition coefficient (Wildman–Crippen LogP) is -1.04. The van der Waals surface area contributed by atoms with Gasteiger partial charge >= 0.3 is 5.97 Å². The molecule has 3 rings (SSSR count). The van der Waals surface area contributed by atoms with Gasteiger partial charge in [-0.05, 0) is 0 Å². The maximum atomic E-state index is 12.6. The normalized spacial score (nSPS) is 25.6. The summed E-state index contributed by atoms with van der Waals surface area (Å²) < 4.78 is 23.2. The van der Waals surface area contributed by atoms with Crippen LogP contribution < -0.4 is 11.1 Å². The standard InChI is InChI=1S/C13H14N4O6S3/c1-26(22,23)4-5(6-2-25-13(14)15-6)9(18)16-8-10(19)17-7(12(20)21)3-24-11(8)17/h2,4,7-8,11H,3H2,1H3,(H2,14,15)(H,16,18)(H,20,21)/b5-4-/t7?,8?,11-/m1/s1. The molecule has 2 unspecified atom stereocenters. The number of thiazole rings is 1. The number of hydrogen-bond donors (Lipinski definition) is 3. The molecule has 0 bridgehead atoms. The van der Waals surface area contributed by atoms with Crippen LogP contribution in [0.5, 0.6) is 0 Å². The highest BCUT2D eigenvalue weighted by Gasteiger charge is 2.57. The fourth-order valence-corrected chi connectivity index (χ4v) is 5.35. The summed E-state index contributed by atoms with van der Waals surface area (Å²) in [7, 11) is -3.66. The van der Waals surface area contributed by atoms with Gasteiger partial charge in [-0.25, -0.2) is 18.2 Å². The second-order valence-corrected chi connectivity index (χ2v) is 9.64. The molecule has 1 aromatic heterocycles. The molecule has 26 heavy (non-hydrogen) atoms. The summed E-state index contributed by atoms with van der Waals surface area (Å²) in [5, 5.41) is 13.4. The van der Waals surface area contributed by atoms with Gasteiger partial charge in [0.05, 0.1) is 11.3 Å². The Hall–Kier alpha value is -2.12. The van der Waals surface area contributed by atoms with Crippen molar-refractivity contribution in [3.63, 3.8) is 0 Å². The van der Waals surface area contributed by atoms with Gasteiger partial charge in [-0.3, -0.25) is 9.59 Å². The zero-order chi connectivity index (χ0) is 19.2. The van der Waals surface area contributed by atoms with E-state index < -0.39 is 45.1 Å². The van der Waals surface area contributed by atoms with E-state index in [-0.39, 0.29) is 22.2 Å². The number of hydrogen-bond acceptors (Lipinski definition) is 9. The van der Waals surface area contributed by atoms with Crippen LogP contribution in [-0.4, -0.2) is 70.7 Å². The fourth-order valence-electron chi connectivity index (χ4n) is 2.66. The van der Waals surface area contributed by atoms with E-state index >= 15 is 0 Å². The van der Waals surface area contributed by atoms with Crippen molar-refractivity contribution < 1.29 is 27.9 Å². The van der Waals surface area contributed by atoms with Gasteiger partial charge in [0.2, 0.25) is 5.91 Å². The van der Waals surface area contributed by atoms with Gasteiger partial charge in [0, 0.05) is 22.8 Å². The first-order chi connectivity index (χ1) is 12.1. The van der Waals surface area contributed by atoms with Crippen LogP contribution in [0.1, 0.15) is 5.69 Å². The molecule has 1 aromatic rings. The molecule has 13 heteroatoms. The molecule has 3 atom stereocenters. The molecule has 140 valence electrons. The van der Waals surface area contributed by atoms with Crippen molar-refractivity contribution in [3.8, 4) is 0 Å². The summed E-state index contributed by atoms with van der Waals surface area (Å²) in [4.78, 5) is 41.0. The summed E-state index contributed by atoms with van der Waals surface area (Å²) in [5.41, 5.74) is 5.39. The molecule has 0 spiro atoms. The van der Waals surface area contributed by atoms with E-state index in [0.29, 0.717) is 0 Å². The van der Waals surface area contributed by atoms with Gasteiger partial charge in [0.25, 0.3) is 5.91 Å². The Bertz CT molecular complexity index is 924. The van der Waals surface area contributed by atoms with Crippen LogP contribution >= 0.6 is 23.1 Å². The number of sulfone groups is 1. The lowest BCUT2D eigenvalue weighted by Crippen LogP contribution is -2.70. The number of carboxylic acids is 1. The van der Waals surface area contributed by atoms with Crippen molar-refractivity contribution in [1.29, 1.82) is 0 Å². The van der Waals surface area contributed by atoms with Crippen molar-refractivity contribution in [2.45, 2.75) is 17.5 Å². The molecular weight excluding hydrogens is 404 g/mol. The molecule has 2 saturated heterocycles. The van der Waals surface area contributed by atoms with E-state index in [1.807, 2.05) is 0 Å². The molecule has 2 aliphatic rings. The lowest BCUT2D eigenvalue weighted by Gasteiger charge is -2.43. The second-order valence-electron chi connectivity index (χ2n) is 5.71.